The molecule has 1 amide bonds. The van der Waals surface area contributed by atoms with Crippen LogP contribution in [0.4, 0.5) is 5.13 Å². The molecule has 126 valence electrons. The molecule has 1 atom stereocenters. The van der Waals surface area contributed by atoms with Crippen LogP contribution in [0.15, 0.2) is 17.5 Å². The van der Waals surface area contributed by atoms with Crippen molar-refractivity contribution < 1.29 is 4.79 Å². The predicted octanol–water partition coefficient (Wildman–Crippen LogP) is 3.12. The average molecular weight is 361 g/mol. The summed E-state index contributed by atoms with van der Waals surface area (Å²) in [7, 11) is 1.92. The number of aromatic nitrogens is 3. The summed E-state index contributed by atoms with van der Waals surface area (Å²) in [5.74, 6) is 0.140. The normalized spacial score (nSPS) is 18.2. The lowest BCUT2D eigenvalue weighted by molar-refractivity contribution is 0.0720. The Bertz CT molecular complexity index is 832. The summed E-state index contributed by atoms with van der Waals surface area (Å²) in [6.07, 6.45) is 2.07. The van der Waals surface area contributed by atoms with Crippen molar-refractivity contribution in [3.63, 3.8) is 0 Å². The van der Waals surface area contributed by atoms with E-state index in [4.69, 9.17) is 0 Å². The van der Waals surface area contributed by atoms with Gasteiger partial charge in [-0.25, -0.2) is 9.67 Å². The van der Waals surface area contributed by atoms with E-state index in [1.54, 1.807) is 11.3 Å². The van der Waals surface area contributed by atoms with Gasteiger partial charge in [-0.2, -0.15) is 5.10 Å². The van der Waals surface area contributed by atoms with E-state index >= 15 is 0 Å². The van der Waals surface area contributed by atoms with Crippen LogP contribution in [0.25, 0.3) is 10.3 Å². The van der Waals surface area contributed by atoms with E-state index in [1.807, 2.05) is 41.1 Å². The Hall–Kier alpha value is -1.93. The number of carbonyl (C=O) groups is 1. The number of carbonyl (C=O) groups excluding carboxylic acids is 1. The molecule has 1 aliphatic heterocycles. The fourth-order valence-corrected chi connectivity index (χ4v) is 4.86. The van der Waals surface area contributed by atoms with Crippen molar-refractivity contribution in [1.29, 1.82) is 0 Å². The van der Waals surface area contributed by atoms with Gasteiger partial charge in [0.05, 0.1) is 15.3 Å². The highest BCUT2D eigenvalue weighted by Gasteiger charge is 2.25. The van der Waals surface area contributed by atoms with Gasteiger partial charge in [-0.3, -0.25) is 4.79 Å². The van der Waals surface area contributed by atoms with Gasteiger partial charge < -0.3 is 10.2 Å². The molecular formula is C16H19N5OS2. The van der Waals surface area contributed by atoms with Gasteiger partial charge in [0.15, 0.2) is 10.8 Å². The van der Waals surface area contributed by atoms with Crippen LogP contribution in [0.1, 0.15) is 28.2 Å². The molecule has 1 saturated heterocycles. The Labute approximate surface area is 148 Å². The van der Waals surface area contributed by atoms with Crippen molar-refractivity contribution >= 4 is 44.1 Å². The van der Waals surface area contributed by atoms with E-state index in [0.29, 0.717) is 0 Å². The molecule has 0 unspecified atom stereocenters. The van der Waals surface area contributed by atoms with Crippen LogP contribution >= 0.6 is 22.7 Å². The zero-order valence-electron chi connectivity index (χ0n) is 13.7. The summed E-state index contributed by atoms with van der Waals surface area (Å²) in [6.45, 7) is 3.56. The largest absolute Gasteiger partial charge is 0.357 e. The summed E-state index contributed by atoms with van der Waals surface area (Å²) in [5.41, 5.74) is 1.93. The SMILES string of the molecule is Cc1nn(C)c2nc(N[C@@H]3CCCN(C(=O)c4cccs4)C3)sc12. The maximum absolute atomic E-state index is 12.5. The molecule has 24 heavy (non-hydrogen) atoms. The number of amides is 1. The Morgan fingerprint density at radius 1 is 1.46 bits per heavy atom. The maximum atomic E-state index is 12.5. The van der Waals surface area contributed by atoms with Gasteiger partial charge in [0.25, 0.3) is 5.91 Å². The number of piperidine rings is 1. The molecule has 3 aromatic heterocycles. The Kier molecular flexibility index (Phi) is 4.01. The number of thiophene rings is 1. The quantitative estimate of drug-likeness (QED) is 0.778. The van der Waals surface area contributed by atoms with Gasteiger partial charge in [-0.05, 0) is 31.2 Å². The molecule has 0 aliphatic carbocycles. The molecule has 4 heterocycles. The fourth-order valence-electron chi connectivity index (χ4n) is 3.16. The maximum Gasteiger partial charge on any atom is 0.263 e. The molecule has 6 nitrogen and oxygen atoms in total. The van der Waals surface area contributed by atoms with E-state index in [0.717, 1.165) is 52.0 Å². The Balaban J connectivity index is 1.47. The summed E-state index contributed by atoms with van der Waals surface area (Å²) in [5, 5.41) is 10.8. The summed E-state index contributed by atoms with van der Waals surface area (Å²) in [6, 6.07) is 4.07. The van der Waals surface area contributed by atoms with Crippen LogP contribution in [-0.2, 0) is 7.05 Å². The lowest BCUT2D eigenvalue weighted by Crippen LogP contribution is -2.44. The molecule has 3 aromatic rings. The monoisotopic (exact) mass is 361 g/mol. The van der Waals surface area contributed by atoms with Crippen LogP contribution in [0.3, 0.4) is 0 Å². The second-order valence-corrected chi connectivity index (χ2v) is 8.04. The van der Waals surface area contributed by atoms with Crippen molar-refractivity contribution in [3.05, 3.63) is 28.1 Å². The first-order valence-corrected chi connectivity index (χ1v) is 9.71. The van der Waals surface area contributed by atoms with E-state index in [-0.39, 0.29) is 11.9 Å². The van der Waals surface area contributed by atoms with E-state index in [2.05, 4.69) is 15.4 Å². The molecule has 4 rings (SSSR count). The minimum Gasteiger partial charge on any atom is -0.357 e. The van der Waals surface area contributed by atoms with Gasteiger partial charge in [0.2, 0.25) is 0 Å². The number of rotatable bonds is 3. The highest BCUT2D eigenvalue weighted by molar-refractivity contribution is 7.22. The molecule has 0 radical (unpaired) electrons. The predicted molar refractivity (Wildman–Crippen MR) is 98.0 cm³/mol. The molecule has 0 aromatic carbocycles. The Morgan fingerprint density at radius 2 is 2.33 bits per heavy atom. The number of hydrogen-bond donors (Lipinski definition) is 1. The molecule has 1 fully saturated rings. The zero-order valence-corrected chi connectivity index (χ0v) is 15.3. The first-order valence-electron chi connectivity index (χ1n) is 8.01. The van der Waals surface area contributed by atoms with Crippen molar-refractivity contribution in [3.8, 4) is 0 Å². The van der Waals surface area contributed by atoms with Crippen LogP contribution in [0, 0.1) is 6.92 Å². The Morgan fingerprint density at radius 3 is 3.08 bits per heavy atom. The smallest absolute Gasteiger partial charge is 0.263 e. The second kappa shape index (κ2) is 6.18. The summed E-state index contributed by atoms with van der Waals surface area (Å²) in [4.78, 5) is 20.0. The summed E-state index contributed by atoms with van der Waals surface area (Å²) >= 11 is 3.14. The third-order valence-corrected chi connectivity index (χ3v) is 6.26. The lowest BCUT2D eigenvalue weighted by Gasteiger charge is -2.32. The van der Waals surface area contributed by atoms with Crippen molar-refractivity contribution in [2.24, 2.45) is 7.05 Å². The second-order valence-electron chi connectivity index (χ2n) is 6.09. The number of aryl methyl sites for hydroxylation is 2. The van der Waals surface area contributed by atoms with Crippen molar-refractivity contribution in [1.82, 2.24) is 19.7 Å². The number of anilines is 1. The number of nitrogens with one attached hydrogen (secondary N) is 1. The van der Waals surface area contributed by atoms with Crippen molar-refractivity contribution in [2.75, 3.05) is 18.4 Å². The van der Waals surface area contributed by atoms with Gasteiger partial charge in [-0.15, -0.1) is 11.3 Å². The highest BCUT2D eigenvalue weighted by Crippen LogP contribution is 2.29. The van der Waals surface area contributed by atoms with Gasteiger partial charge in [-0.1, -0.05) is 17.4 Å². The molecule has 8 heteroatoms. The zero-order chi connectivity index (χ0) is 16.7. The number of nitrogens with zero attached hydrogens (tertiary/aromatic N) is 4. The number of likely N-dealkylation sites (tertiary alicyclic amines) is 1. The first-order chi connectivity index (χ1) is 11.6. The molecule has 0 bridgehead atoms. The van der Waals surface area contributed by atoms with Gasteiger partial charge in [0.1, 0.15) is 0 Å². The lowest BCUT2D eigenvalue weighted by atomic mass is 10.1. The van der Waals surface area contributed by atoms with E-state index in [1.165, 1.54) is 11.3 Å². The summed E-state index contributed by atoms with van der Waals surface area (Å²) < 4.78 is 2.95. The van der Waals surface area contributed by atoms with E-state index < -0.39 is 0 Å². The number of hydrogen-bond acceptors (Lipinski definition) is 6. The third kappa shape index (κ3) is 2.80. The number of fused-ring (bicyclic) bond motifs is 1. The molecule has 0 spiro atoms. The van der Waals surface area contributed by atoms with Crippen LogP contribution in [0.2, 0.25) is 0 Å². The standard InChI is InChI=1S/C16H19N5OS2/c1-10-13-14(20(2)19-10)18-16(24-13)17-11-5-3-7-21(9-11)15(22)12-6-4-8-23-12/h4,6,8,11H,3,5,7,9H2,1-2H3,(H,17,18)/t11-/m1/s1. The third-order valence-electron chi connectivity index (χ3n) is 4.31. The van der Waals surface area contributed by atoms with Crippen LogP contribution in [-0.4, -0.2) is 44.7 Å². The van der Waals surface area contributed by atoms with Crippen molar-refractivity contribution in [2.45, 2.75) is 25.8 Å². The molecule has 1 N–H and O–H groups in total. The van der Waals surface area contributed by atoms with Crippen LogP contribution in [0.5, 0.6) is 0 Å². The topological polar surface area (TPSA) is 63.1 Å². The minimum atomic E-state index is 0.140. The van der Waals surface area contributed by atoms with Gasteiger partial charge in [0, 0.05) is 26.2 Å². The molecule has 1 aliphatic rings. The van der Waals surface area contributed by atoms with Crippen LogP contribution < -0.4 is 5.32 Å². The fraction of sp³-hybridized carbons (Fsp3) is 0.438. The minimum absolute atomic E-state index is 0.140. The van der Waals surface area contributed by atoms with Gasteiger partial charge >= 0.3 is 0 Å². The average Bonchev–Trinajstić information content (AvgIpc) is 3.28. The first kappa shape index (κ1) is 15.6. The number of thiazole rings is 1. The molecule has 0 saturated carbocycles. The highest BCUT2D eigenvalue weighted by atomic mass is 32.1. The van der Waals surface area contributed by atoms with E-state index in [9.17, 15) is 4.79 Å². The molecular weight excluding hydrogens is 342 g/mol.